The highest BCUT2D eigenvalue weighted by Gasteiger charge is 2.14. The number of anilines is 1. The van der Waals surface area contributed by atoms with E-state index >= 15 is 0 Å². The molecule has 0 aromatic heterocycles. The van der Waals surface area contributed by atoms with Gasteiger partial charge in [0.15, 0.2) is 0 Å². The third-order valence-electron chi connectivity index (χ3n) is 5.52. The van der Waals surface area contributed by atoms with Crippen molar-refractivity contribution in [1.82, 2.24) is 4.90 Å². The number of nitrogen functional groups attached to an aromatic ring is 1. The van der Waals surface area contributed by atoms with Crippen molar-refractivity contribution in [3.8, 4) is 5.75 Å². The molecule has 8 heteroatoms. The number of hydrogen-bond acceptors (Lipinski definition) is 7. The Balaban J connectivity index is 0.000000438. The number of halogens is 1. The average Bonchev–Trinajstić information content (AvgIpc) is 2.88. The molecule has 0 spiro atoms. The van der Waals surface area contributed by atoms with Gasteiger partial charge in [0, 0.05) is 24.4 Å². The lowest BCUT2D eigenvalue weighted by Gasteiger charge is -2.20. The SMILES string of the molecule is C.CCN(CC)Cc1cc(C(=O)OCCCOC(C)=O)cc(Br)c1N.COc1ccc2ccccc2c1. The number of ether oxygens (including phenoxy) is 3. The van der Waals surface area contributed by atoms with Crippen molar-refractivity contribution in [3.05, 3.63) is 70.2 Å². The summed E-state index contributed by atoms with van der Waals surface area (Å²) in [5.74, 6) is 0.151. The number of rotatable bonds is 10. The van der Waals surface area contributed by atoms with E-state index in [9.17, 15) is 9.59 Å². The maximum absolute atomic E-state index is 12.2. The van der Waals surface area contributed by atoms with Gasteiger partial charge in [0.2, 0.25) is 0 Å². The van der Waals surface area contributed by atoms with Crippen LogP contribution in [0.1, 0.15) is 50.5 Å². The molecule has 0 amide bonds. The molecule has 0 atom stereocenters. The van der Waals surface area contributed by atoms with Gasteiger partial charge >= 0.3 is 11.9 Å². The van der Waals surface area contributed by atoms with Gasteiger partial charge in [-0.05, 0) is 69.6 Å². The van der Waals surface area contributed by atoms with Crippen LogP contribution in [0, 0.1) is 0 Å². The first kappa shape index (κ1) is 31.9. The molecule has 0 aliphatic heterocycles. The predicted octanol–water partition coefficient (Wildman–Crippen LogP) is 6.47. The van der Waals surface area contributed by atoms with Crippen LogP contribution in [0.5, 0.6) is 5.75 Å². The molecule has 3 aromatic rings. The van der Waals surface area contributed by atoms with E-state index in [0.717, 1.165) is 24.4 Å². The van der Waals surface area contributed by atoms with E-state index < -0.39 is 5.97 Å². The van der Waals surface area contributed by atoms with Crippen molar-refractivity contribution >= 4 is 44.3 Å². The second kappa shape index (κ2) is 16.6. The lowest BCUT2D eigenvalue weighted by molar-refractivity contribution is -0.141. The van der Waals surface area contributed by atoms with Crippen molar-refractivity contribution < 1.29 is 23.8 Å². The van der Waals surface area contributed by atoms with Crippen molar-refractivity contribution in [1.29, 1.82) is 0 Å². The van der Waals surface area contributed by atoms with E-state index in [-0.39, 0.29) is 26.6 Å². The third kappa shape index (κ3) is 10.4. The molecule has 202 valence electrons. The van der Waals surface area contributed by atoms with Crippen molar-refractivity contribution in [2.75, 3.05) is 39.1 Å². The molecule has 0 saturated heterocycles. The van der Waals surface area contributed by atoms with Crippen LogP contribution in [0.2, 0.25) is 0 Å². The first-order valence-electron chi connectivity index (χ1n) is 11.9. The third-order valence-corrected chi connectivity index (χ3v) is 6.18. The van der Waals surface area contributed by atoms with Crippen LogP contribution < -0.4 is 10.5 Å². The minimum atomic E-state index is -0.417. The topological polar surface area (TPSA) is 91.1 Å². The number of hydrogen-bond donors (Lipinski definition) is 1. The molecule has 0 radical (unpaired) electrons. The summed E-state index contributed by atoms with van der Waals surface area (Å²) in [5, 5.41) is 2.47. The Morgan fingerprint density at radius 1 is 0.946 bits per heavy atom. The Morgan fingerprint density at radius 3 is 2.22 bits per heavy atom. The van der Waals surface area contributed by atoms with Crippen LogP contribution in [0.15, 0.2) is 59.1 Å². The summed E-state index contributed by atoms with van der Waals surface area (Å²) in [5.41, 5.74) is 8.07. The van der Waals surface area contributed by atoms with Gasteiger partial charge in [-0.2, -0.15) is 0 Å². The molecule has 0 heterocycles. The maximum Gasteiger partial charge on any atom is 0.338 e. The zero-order chi connectivity index (χ0) is 26.5. The minimum absolute atomic E-state index is 0. The first-order chi connectivity index (χ1) is 17.3. The Kier molecular flexibility index (Phi) is 14.3. The highest BCUT2D eigenvalue weighted by molar-refractivity contribution is 9.10. The predicted molar refractivity (Wildman–Crippen MR) is 154 cm³/mol. The van der Waals surface area contributed by atoms with Gasteiger partial charge in [0.25, 0.3) is 0 Å². The number of benzene rings is 3. The molecule has 0 fully saturated rings. The molecule has 0 saturated carbocycles. The van der Waals surface area contributed by atoms with E-state index in [1.807, 2.05) is 24.3 Å². The fourth-order valence-electron chi connectivity index (χ4n) is 3.43. The van der Waals surface area contributed by atoms with Crippen LogP contribution in [0.4, 0.5) is 5.69 Å². The fraction of sp³-hybridized carbons (Fsp3) is 0.379. The zero-order valence-corrected chi connectivity index (χ0v) is 23.0. The standard InChI is InChI=1S/C17H25BrN2O4.C11H10O.CH4/c1-4-20(5-2)11-14-9-13(10-15(18)16(14)19)17(22)24-8-6-7-23-12(3)21;1-12-11-7-6-9-4-2-3-5-10(9)8-11;/h9-10H,4-8,11,19H2,1-3H3;2-8H,1H3;1H4. The molecule has 3 aromatic carbocycles. The number of esters is 2. The molecule has 0 aliphatic carbocycles. The Labute approximate surface area is 229 Å². The first-order valence-corrected chi connectivity index (χ1v) is 12.7. The summed E-state index contributed by atoms with van der Waals surface area (Å²) in [7, 11) is 1.68. The second-order valence-corrected chi connectivity index (χ2v) is 8.89. The quantitative estimate of drug-likeness (QED) is 0.168. The Morgan fingerprint density at radius 2 is 1.59 bits per heavy atom. The van der Waals surface area contributed by atoms with Crippen molar-refractivity contribution in [2.45, 2.75) is 41.2 Å². The van der Waals surface area contributed by atoms with E-state index in [1.165, 1.54) is 17.7 Å². The van der Waals surface area contributed by atoms with Crippen molar-refractivity contribution in [2.24, 2.45) is 0 Å². The second-order valence-electron chi connectivity index (χ2n) is 8.03. The van der Waals surface area contributed by atoms with E-state index in [0.29, 0.717) is 28.7 Å². The molecule has 0 bridgehead atoms. The van der Waals surface area contributed by atoms with Gasteiger partial charge in [-0.25, -0.2) is 4.79 Å². The van der Waals surface area contributed by atoms with E-state index in [4.69, 9.17) is 19.9 Å². The number of nitrogens with zero attached hydrogens (tertiary/aromatic N) is 1. The summed E-state index contributed by atoms with van der Waals surface area (Å²) in [6, 6.07) is 17.7. The van der Waals surface area contributed by atoms with E-state index in [1.54, 1.807) is 19.2 Å². The van der Waals surface area contributed by atoms with Crippen LogP contribution in [0.3, 0.4) is 0 Å². The number of methoxy groups -OCH3 is 1. The van der Waals surface area contributed by atoms with Crippen LogP contribution in [0.25, 0.3) is 10.8 Å². The van der Waals surface area contributed by atoms with Gasteiger partial charge in [0.05, 0.1) is 31.6 Å². The molecule has 3 rings (SSSR count). The molecular formula is C29H39BrN2O5. The minimum Gasteiger partial charge on any atom is -0.497 e. The summed E-state index contributed by atoms with van der Waals surface area (Å²) < 4.78 is 15.8. The lowest BCUT2D eigenvalue weighted by Crippen LogP contribution is -2.23. The highest BCUT2D eigenvalue weighted by atomic mass is 79.9. The molecular weight excluding hydrogens is 536 g/mol. The van der Waals surface area contributed by atoms with Crippen molar-refractivity contribution in [3.63, 3.8) is 0 Å². The molecule has 7 nitrogen and oxygen atoms in total. The summed E-state index contributed by atoms with van der Waals surface area (Å²) in [4.78, 5) is 25.0. The van der Waals surface area contributed by atoms with Gasteiger partial charge in [-0.15, -0.1) is 0 Å². The zero-order valence-electron chi connectivity index (χ0n) is 21.4. The molecule has 2 N–H and O–H groups in total. The molecule has 37 heavy (non-hydrogen) atoms. The lowest BCUT2D eigenvalue weighted by atomic mass is 10.1. The van der Waals surface area contributed by atoms with Gasteiger partial charge < -0.3 is 19.9 Å². The van der Waals surface area contributed by atoms with E-state index in [2.05, 4.69) is 52.9 Å². The molecule has 0 unspecified atom stereocenters. The average molecular weight is 576 g/mol. The summed E-state index contributed by atoms with van der Waals surface area (Å²) in [6.45, 7) is 8.41. The normalized spacial score (nSPS) is 10.2. The van der Waals surface area contributed by atoms with Crippen LogP contribution in [-0.2, 0) is 20.8 Å². The number of fused-ring (bicyclic) bond motifs is 1. The highest BCUT2D eigenvalue weighted by Crippen LogP contribution is 2.27. The Hall–Kier alpha value is -3.10. The van der Waals surface area contributed by atoms with Gasteiger partial charge in [-0.1, -0.05) is 51.6 Å². The smallest absolute Gasteiger partial charge is 0.338 e. The summed E-state index contributed by atoms with van der Waals surface area (Å²) in [6.07, 6.45) is 0.466. The number of nitrogens with two attached hydrogens (primary N) is 1. The van der Waals surface area contributed by atoms with Gasteiger partial charge in [-0.3, -0.25) is 9.69 Å². The maximum atomic E-state index is 12.2. The largest absolute Gasteiger partial charge is 0.497 e. The Bertz CT molecular complexity index is 1150. The fourth-order valence-corrected chi connectivity index (χ4v) is 3.93. The number of carbonyl (C=O) groups excluding carboxylic acids is 2. The van der Waals surface area contributed by atoms with Crippen LogP contribution >= 0.6 is 15.9 Å². The number of carbonyl (C=O) groups is 2. The van der Waals surface area contributed by atoms with Crippen LogP contribution in [-0.4, -0.2) is 50.3 Å². The summed E-state index contributed by atoms with van der Waals surface area (Å²) >= 11 is 3.40. The monoisotopic (exact) mass is 574 g/mol. The van der Waals surface area contributed by atoms with Gasteiger partial charge in [0.1, 0.15) is 5.75 Å². The molecule has 0 aliphatic rings.